The van der Waals surface area contributed by atoms with E-state index in [-0.39, 0.29) is 5.25 Å². The molecule has 2 N–H and O–H groups in total. The Morgan fingerprint density at radius 1 is 1.25 bits per heavy atom. The Morgan fingerprint density at radius 2 is 1.95 bits per heavy atom. The molecule has 5 heteroatoms. The molecule has 0 radical (unpaired) electrons. The van der Waals surface area contributed by atoms with Gasteiger partial charge in [0.15, 0.2) is 0 Å². The first-order valence-corrected chi connectivity index (χ1v) is 8.87. The zero-order chi connectivity index (χ0) is 14.6. The molecule has 112 valence electrons. The van der Waals surface area contributed by atoms with Gasteiger partial charge in [-0.3, -0.25) is 0 Å². The quantitative estimate of drug-likeness (QED) is 0.850. The van der Waals surface area contributed by atoms with E-state index in [2.05, 4.69) is 0 Å². The number of rotatable bonds is 5. The van der Waals surface area contributed by atoms with Gasteiger partial charge in [0.2, 0.25) is 10.0 Å². The molecule has 0 spiro atoms. The van der Waals surface area contributed by atoms with Crippen LogP contribution in [0.25, 0.3) is 0 Å². The molecule has 1 aliphatic carbocycles. The minimum atomic E-state index is -3.19. The zero-order valence-electron chi connectivity index (χ0n) is 12.1. The van der Waals surface area contributed by atoms with Crippen molar-refractivity contribution in [3.05, 3.63) is 29.8 Å². The van der Waals surface area contributed by atoms with Gasteiger partial charge in [-0.05, 0) is 30.5 Å². The van der Waals surface area contributed by atoms with Crippen molar-refractivity contribution >= 4 is 15.7 Å². The summed E-state index contributed by atoms with van der Waals surface area (Å²) in [5.74, 6) is 0. The number of hydrogen-bond acceptors (Lipinski definition) is 3. The summed E-state index contributed by atoms with van der Waals surface area (Å²) in [5, 5.41) is -0.197. The molecule has 1 aromatic carbocycles. The zero-order valence-corrected chi connectivity index (χ0v) is 12.9. The summed E-state index contributed by atoms with van der Waals surface area (Å²) in [4.78, 5) is 0. The Hall–Kier alpha value is -1.07. The SMILES string of the molecule is CCN(Cc1cccc(N)c1)S(=O)(=O)C1CCCCC1. The lowest BCUT2D eigenvalue weighted by molar-refractivity contribution is 0.394. The second-order valence-electron chi connectivity index (χ2n) is 5.48. The van der Waals surface area contributed by atoms with Gasteiger partial charge in [-0.15, -0.1) is 0 Å². The predicted molar refractivity (Wildman–Crippen MR) is 82.7 cm³/mol. The largest absolute Gasteiger partial charge is 0.399 e. The highest BCUT2D eigenvalue weighted by Gasteiger charge is 2.32. The average molecular weight is 296 g/mol. The van der Waals surface area contributed by atoms with Crippen LogP contribution in [0.4, 0.5) is 5.69 Å². The van der Waals surface area contributed by atoms with Crippen LogP contribution in [0.15, 0.2) is 24.3 Å². The molecule has 1 aliphatic rings. The van der Waals surface area contributed by atoms with Gasteiger partial charge in [-0.25, -0.2) is 8.42 Å². The summed E-state index contributed by atoms with van der Waals surface area (Å²) in [6.07, 6.45) is 4.82. The number of benzene rings is 1. The van der Waals surface area contributed by atoms with E-state index in [1.807, 2.05) is 31.2 Å². The first-order chi connectivity index (χ1) is 9.54. The van der Waals surface area contributed by atoms with Crippen LogP contribution >= 0.6 is 0 Å². The van der Waals surface area contributed by atoms with E-state index in [9.17, 15) is 8.42 Å². The molecule has 0 amide bonds. The van der Waals surface area contributed by atoms with Crippen molar-refractivity contribution in [2.24, 2.45) is 0 Å². The van der Waals surface area contributed by atoms with Crippen molar-refractivity contribution in [1.29, 1.82) is 0 Å². The van der Waals surface area contributed by atoms with Crippen LogP contribution in [0.1, 0.15) is 44.6 Å². The minimum absolute atomic E-state index is 0.197. The molecule has 0 heterocycles. The maximum absolute atomic E-state index is 12.7. The van der Waals surface area contributed by atoms with Gasteiger partial charge in [-0.2, -0.15) is 4.31 Å². The van der Waals surface area contributed by atoms with Crippen molar-refractivity contribution in [2.75, 3.05) is 12.3 Å². The summed E-state index contributed by atoms with van der Waals surface area (Å²) < 4.78 is 27.0. The van der Waals surface area contributed by atoms with Gasteiger partial charge in [0, 0.05) is 18.8 Å². The van der Waals surface area contributed by atoms with Crippen LogP contribution < -0.4 is 5.73 Å². The Balaban J connectivity index is 2.14. The number of nitrogens with two attached hydrogens (primary N) is 1. The third-order valence-electron chi connectivity index (χ3n) is 4.00. The van der Waals surface area contributed by atoms with E-state index < -0.39 is 10.0 Å². The van der Waals surface area contributed by atoms with Crippen molar-refractivity contribution in [3.63, 3.8) is 0 Å². The highest BCUT2D eigenvalue weighted by atomic mass is 32.2. The van der Waals surface area contributed by atoms with E-state index in [1.54, 1.807) is 4.31 Å². The average Bonchev–Trinajstić information content (AvgIpc) is 2.45. The molecule has 1 aromatic rings. The molecular formula is C15H24N2O2S. The summed E-state index contributed by atoms with van der Waals surface area (Å²) in [6.45, 7) is 2.82. The van der Waals surface area contributed by atoms with E-state index in [0.29, 0.717) is 18.8 Å². The van der Waals surface area contributed by atoms with Gasteiger partial charge >= 0.3 is 0 Å². The van der Waals surface area contributed by atoms with Crippen LogP contribution in [0.2, 0.25) is 0 Å². The standard InChI is InChI=1S/C15H24N2O2S/c1-2-17(12-13-7-6-8-14(16)11-13)20(18,19)15-9-4-3-5-10-15/h6-8,11,15H,2-5,9-10,12,16H2,1H3. The molecule has 4 nitrogen and oxygen atoms in total. The number of sulfonamides is 1. The summed E-state index contributed by atoms with van der Waals surface area (Å²) in [5.41, 5.74) is 7.38. The Bertz CT molecular complexity index is 537. The maximum Gasteiger partial charge on any atom is 0.217 e. The molecule has 2 rings (SSSR count). The number of nitrogens with zero attached hydrogens (tertiary/aromatic N) is 1. The third kappa shape index (κ3) is 3.52. The number of hydrogen-bond donors (Lipinski definition) is 1. The fourth-order valence-corrected chi connectivity index (χ4v) is 4.89. The van der Waals surface area contributed by atoms with Crippen LogP contribution in [-0.2, 0) is 16.6 Å². The van der Waals surface area contributed by atoms with Gasteiger partial charge in [0.25, 0.3) is 0 Å². The smallest absolute Gasteiger partial charge is 0.217 e. The van der Waals surface area contributed by atoms with E-state index in [1.165, 1.54) is 0 Å². The normalized spacial score (nSPS) is 17.5. The van der Waals surface area contributed by atoms with Crippen molar-refractivity contribution < 1.29 is 8.42 Å². The first kappa shape index (κ1) is 15.3. The summed E-state index contributed by atoms with van der Waals surface area (Å²) in [7, 11) is -3.19. The maximum atomic E-state index is 12.7. The van der Waals surface area contributed by atoms with Crippen LogP contribution in [0, 0.1) is 0 Å². The third-order valence-corrected chi connectivity index (χ3v) is 6.42. The summed E-state index contributed by atoms with van der Waals surface area (Å²) >= 11 is 0. The lowest BCUT2D eigenvalue weighted by Crippen LogP contribution is -2.39. The highest BCUT2D eigenvalue weighted by Crippen LogP contribution is 2.27. The molecule has 1 saturated carbocycles. The Morgan fingerprint density at radius 3 is 2.55 bits per heavy atom. The highest BCUT2D eigenvalue weighted by molar-refractivity contribution is 7.89. The second-order valence-corrected chi connectivity index (χ2v) is 7.69. The van der Waals surface area contributed by atoms with Gasteiger partial charge in [0.05, 0.1) is 5.25 Å². The molecule has 0 bridgehead atoms. The molecule has 0 saturated heterocycles. The Kier molecular flexibility index (Phi) is 5.05. The predicted octanol–water partition coefficient (Wildman–Crippen LogP) is 2.75. The topological polar surface area (TPSA) is 63.4 Å². The van der Waals surface area contributed by atoms with Crippen LogP contribution in [0.3, 0.4) is 0 Å². The lowest BCUT2D eigenvalue weighted by Gasteiger charge is -2.29. The second kappa shape index (κ2) is 6.59. The lowest BCUT2D eigenvalue weighted by atomic mass is 10.0. The first-order valence-electron chi connectivity index (χ1n) is 7.37. The van der Waals surface area contributed by atoms with E-state index in [4.69, 9.17) is 5.73 Å². The summed E-state index contributed by atoms with van der Waals surface area (Å²) in [6, 6.07) is 7.45. The van der Waals surface area contributed by atoms with E-state index >= 15 is 0 Å². The molecule has 0 aromatic heterocycles. The molecule has 0 unspecified atom stereocenters. The van der Waals surface area contributed by atoms with Gasteiger partial charge < -0.3 is 5.73 Å². The molecule has 20 heavy (non-hydrogen) atoms. The number of nitrogen functional groups attached to an aromatic ring is 1. The van der Waals surface area contributed by atoms with Crippen molar-refractivity contribution in [3.8, 4) is 0 Å². The van der Waals surface area contributed by atoms with Crippen molar-refractivity contribution in [2.45, 2.75) is 50.8 Å². The fourth-order valence-electron chi connectivity index (χ4n) is 2.85. The molecule has 0 aliphatic heterocycles. The van der Waals surface area contributed by atoms with E-state index in [0.717, 1.165) is 37.7 Å². The van der Waals surface area contributed by atoms with Gasteiger partial charge in [0.1, 0.15) is 0 Å². The number of anilines is 1. The van der Waals surface area contributed by atoms with Gasteiger partial charge in [-0.1, -0.05) is 38.3 Å². The minimum Gasteiger partial charge on any atom is -0.399 e. The van der Waals surface area contributed by atoms with Crippen molar-refractivity contribution in [1.82, 2.24) is 4.31 Å². The fraction of sp³-hybridized carbons (Fsp3) is 0.600. The van der Waals surface area contributed by atoms with Crippen LogP contribution in [0.5, 0.6) is 0 Å². The monoisotopic (exact) mass is 296 g/mol. The van der Waals surface area contributed by atoms with Crippen LogP contribution in [-0.4, -0.2) is 24.5 Å². The molecule has 0 atom stereocenters. The molecule has 1 fully saturated rings. The Labute approximate surface area is 122 Å². The molecular weight excluding hydrogens is 272 g/mol.